The van der Waals surface area contributed by atoms with E-state index in [4.69, 9.17) is 4.74 Å². The number of carbonyl (C=O) groups excluding carboxylic acids is 1. The molecule has 2 atom stereocenters. The summed E-state index contributed by atoms with van der Waals surface area (Å²) in [5.74, 6) is 0.706. The molecule has 0 saturated heterocycles. The van der Waals surface area contributed by atoms with Gasteiger partial charge < -0.3 is 14.7 Å². The van der Waals surface area contributed by atoms with Crippen LogP contribution < -0.4 is 4.74 Å². The van der Waals surface area contributed by atoms with E-state index in [2.05, 4.69) is 32.6 Å². The molecule has 0 spiro atoms. The summed E-state index contributed by atoms with van der Waals surface area (Å²) in [6, 6.07) is 16.2. The van der Waals surface area contributed by atoms with Gasteiger partial charge in [0.25, 0.3) is 0 Å². The van der Waals surface area contributed by atoms with Gasteiger partial charge in [-0.1, -0.05) is 88.4 Å². The van der Waals surface area contributed by atoms with E-state index in [0.717, 1.165) is 87.1 Å². The van der Waals surface area contributed by atoms with Crippen molar-refractivity contribution in [1.82, 2.24) is 4.90 Å². The van der Waals surface area contributed by atoms with Crippen molar-refractivity contribution in [2.75, 3.05) is 13.6 Å². The van der Waals surface area contributed by atoms with Gasteiger partial charge in [-0.3, -0.25) is 4.79 Å². The Balaban J connectivity index is 1.56. The maximum absolute atomic E-state index is 14.4. The summed E-state index contributed by atoms with van der Waals surface area (Å²) in [7, 11) is 1.99. The molecular weight excluding hydrogens is 554 g/mol. The number of aromatic hydroxyl groups is 1. The molecule has 0 saturated carbocycles. The highest BCUT2D eigenvalue weighted by atomic mass is 16.5. The number of allylic oxidation sites excluding steroid dienone is 3. The second kappa shape index (κ2) is 15.2. The van der Waals surface area contributed by atoms with Crippen molar-refractivity contribution in [3.63, 3.8) is 0 Å². The van der Waals surface area contributed by atoms with Crippen molar-refractivity contribution < 1.29 is 14.6 Å². The maximum Gasteiger partial charge on any atom is 0.229 e. The van der Waals surface area contributed by atoms with Gasteiger partial charge in [0.2, 0.25) is 5.91 Å². The van der Waals surface area contributed by atoms with E-state index in [0.29, 0.717) is 12.4 Å². The molecule has 3 aromatic carbocycles. The molecule has 1 unspecified atom stereocenters. The topological polar surface area (TPSA) is 49.8 Å². The van der Waals surface area contributed by atoms with Crippen LogP contribution in [0.3, 0.4) is 0 Å². The first-order valence-corrected chi connectivity index (χ1v) is 17.4. The van der Waals surface area contributed by atoms with E-state index in [-0.39, 0.29) is 23.0 Å². The minimum absolute atomic E-state index is 0.142. The zero-order valence-electron chi connectivity index (χ0n) is 27.9. The average molecular weight is 608 g/mol. The first kappa shape index (κ1) is 32.9. The Hall–Kier alpha value is -3.53. The van der Waals surface area contributed by atoms with Crippen LogP contribution in [-0.2, 0) is 17.8 Å². The molecule has 0 aromatic heterocycles. The van der Waals surface area contributed by atoms with Crippen molar-refractivity contribution in [2.45, 2.75) is 110 Å². The van der Waals surface area contributed by atoms with E-state index < -0.39 is 0 Å². The number of phenolic OH excluding ortho intramolecular Hbond substituents is 1. The summed E-state index contributed by atoms with van der Waals surface area (Å²) in [6.45, 7) is 9.63. The molecule has 0 fully saturated rings. The fourth-order valence-corrected chi connectivity index (χ4v) is 7.55. The number of rotatable bonds is 16. The molecule has 2 aliphatic carbocycles. The van der Waals surface area contributed by atoms with Gasteiger partial charge >= 0.3 is 0 Å². The molecule has 0 bridgehead atoms. The monoisotopic (exact) mass is 607 g/mol. The number of fused-ring (bicyclic) bond motifs is 5. The highest BCUT2D eigenvalue weighted by Crippen LogP contribution is 2.55. The Bertz CT molecular complexity index is 1510. The van der Waals surface area contributed by atoms with Crippen molar-refractivity contribution in [3.05, 3.63) is 89.5 Å². The third-order valence-electron chi connectivity index (χ3n) is 10.3. The fraction of sp³-hybridized carbons (Fsp3) is 0.488. The smallest absolute Gasteiger partial charge is 0.229 e. The lowest BCUT2D eigenvalue weighted by Gasteiger charge is -2.38. The summed E-state index contributed by atoms with van der Waals surface area (Å²) in [4.78, 5) is 16.3. The van der Waals surface area contributed by atoms with Gasteiger partial charge in [-0.2, -0.15) is 0 Å². The number of amides is 1. The van der Waals surface area contributed by atoms with Gasteiger partial charge in [0.15, 0.2) is 11.5 Å². The van der Waals surface area contributed by atoms with Gasteiger partial charge in [0, 0.05) is 13.6 Å². The standard InChI is InChI=1S/C41H53NO3/c1-5-7-9-10-11-12-16-20-33(40(44)42(4)25-8-6-2)35-26-31-27-38(45-29-30-18-14-13-15-19-30)37(43)28-34(31)32-22-24-41(3)23-17-21-36(41)39(32)35/h5,13-15,18-19,21,26-28,33,43H,1,6-12,16-17,20,22-25,29H2,2-4H3/t33?,41-/m0/s1. The second-order valence-electron chi connectivity index (χ2n) is 13.7. The largest absolute Gasteiger partial charge is 0.504 e. The third kappa shape index (κ3) is 7.48. The fourth-order valence-electron chi connectivity index (χ4n) is 7.55. The number of unbranched alkanes of at least 4 members (excludes halogenated alkanes) is 6. The van der Waals surface area contributed by atoms with Gasteiger partial charge in [0.05, 0.1) is 5.92 Å². The molecular formula is C41H53NO3. The third-order valence-corrected chi connectivity index (χ3v) is 10.3. The molecule has 45 heavy (non-hydrogen) atoms. The van der Waals surface area contributed by atoms with E-state index in [1.54, 1.807) is 0 Å². The van der Waals surface area contributed by atoms with Crippen molar-refractivity contribution in [3.8, 4) is 11.5 Å². The van der Waals surface area contributed by atoms with Crippen LogP contribution >= 0.6 is 0 Å². The Morgan fingerprint density at radius 1 is 1.07 bits per heavy atom. The molecule has 240 valence electrons. The Morgan fingerprint density at radius 3 is 2.62 bits per heavy atom. The minimum atomic E-state index is -0.190. The number of hydrogen-bond acceptors (Lipinski definition) is 3. The SMILES string of the molecule is C=CCCCCCCCC(C(=O)N(C)CCCC)c1cc2cc(OCc3ccccc3)c(O)cc2c2c1C1=CCC[C@@]1(C)CC2. The molecule has 4 heteroatoms. The first-order chi connectivity index (χ1) is 21.9. The van der Waals surface area contributed by atoms with Gasteiger partial charge in [-0.15, -0.1) is 6.58 Å². The zero-order valence-corrected chi connectivity index (χ0v) is 27.9. The highest BCUT2D eigenvalue weighted by Gasteiger charge is 2.41. The summed E-state index contributed by atoms with van der Waals surface area (Å²) >= 11 is 0. The maximum atomic E-state index is 14.4. The lowest BCUT2D eigenvalue weighted by molar-refractivity contribution is -0.131. The number of nitrogens with zero attached hydrogens (tertiary/aromatic N) is 1. The summed E-state index contributed by atoms with van der Waals surface area (Å²) in [6.07, 6.45) is 18.5. The number of carbonyl (C=O) groups is 1. The zero-order chi connectivity index (χ0) is 31.8. The molecule has 0 aliphatic heterocycles. The average Bonchev–Trinajstić information content (AvgIpc) is 3.45. The summed E-state index contributed by atoms with van der Waals surface area (Å²) in [5, 5.41) is 13.3. The predicted octanol–water partition coefficient (Wildman–Crippen LogP) is 10.5. The minimum Gasteiger partial charge on any atom is -0.504 e. The van der Waals surface area contributed by atoms with Gasteiger partial charge in [-0.25, -0.2) is 0 Å². The van der Waals surface area contributed by atoms with Crippen LogP contribution in [0.25, 0.3) is 16.3 Å². The number of benzene rings is 3. The molecule has 0 heterocycles. The molecule has 0 radical (unpaired) electrons. The van der Waals surface area contributed by atoms with Gasteiger partial charge in [-0.05, 0) is 114 Å². The predicted molar refractivity (Wildman–Crippen MR) is 188 cm³/mol. The van der Waals surface area contributed by atoms with Crippen LogP contribution in [0.4, 0.5) is 0 Å². The van der Waals surface area contributed by atoms with Crippen LogP contribution in [0, 0.1) is 5.41 Å². The van der Waals surface area contributed by atoms with E-state index in [1.165, 1.54) is 41.5 Å². The van der Waals surface area contributed by atoms with Crippen LogP contribution in [0.5, 0.6) is 11.5 Å². The van der Waals surface area contributed by atoms with Gasteiger partial charge in [0.1, 0.15) is 6.61 Å². The molecule has 3 aromatic rings. The Kier molecular flexibility index (Phi) is 11.1. The molecule has 2 aliphatic rings. The molecule has 4 nitrogen and oxygen atoms in total. The van der Waals surface area contributed by atoms with Crippen LogP contribution in [-0.4, -0.2) is 29.5 Å². The Labute approximate surface area is 271 Å². The second-order valence-corrected chi connectivity index (χ2v) is 13.7. The summed E-state index contributed by atoms with van der Waals surface area (Å²) < 4.78 is 6.17. The lowest BCUT2D eigenvalue weighted by Crippen LogP contribution is -2.34. The van der Waals surface area contributed by atoms with E-state index in [9.17, 15) is 9.90 Å². The summed E-state index contributed by atoms with van der Waals surface area (Å²) in [5.41, 5.74) is 6.37. The van der Waals surface area contributed by atoms with E-state index in [1.807, 2.05) is 60.5 Å². The number of aryl methyl sites for hydroxylation is 1. The molecule has 5 rings (SSSR count). The van der Waals surface area contributed by atoms with Crippen molar-refractivity contribution in [1.29, 1.82) is 0 Å². The molecule has 1 amide bonds. The molecule has 1 N–H and O–H groups in total. The number of hydrogen-bond donors (Lipinski definition) is 1. The van der Waals surface area contributed by atoms with Crippen molar-refractivity contribution >= 4 is 22.3 Å². The first-order valence-electron chi connectivity index (χ1n) is 17.4. The quantitative estimate of drug-likeness (QED) is 0.130. The number of likely N-dealkylation sites (N-methyl/N-ethyl adjacent to an activating group) is 1. The van der Waals surface area contributed by atoms with Crippen LogP contribution in [0.15, 0.2) is 67.3 Å². The van der Waals surface area contributed by atoms with Crippen molar-refractivity contribution in [2.24, 2.45) is 5.41 Å². The highest BCUT2D eigenvalue weighted by molar-refractivity contribution is 5.98. The Morgan fingerprint density at radius 2 is 1.84 bits per heavy atom. The number of phenols is 1. The normalized spacial score (nSPS) is 17.8. The number of ether oxygens (including phenoxy) is 1. The van der Waals surface area contributed by atoms with Crippen LogP contribution in [0.2, 0.25) is 0 Å². The van der Waals surface area contributed by atoms with Crippen LogP contribution in [0.1, 0.15) is 119 Å². The van der Waals surface area contributed by atoms with E-state index >= 15 is 0 Å². The lowest BCUT2D eigenvalue weighted by atomic mass is 9.66.